The first-order valence-electron chi connectivity index (χ1n) is 6.46. The van der Waals surface area contributed by atoms with Gasteiger partial charge in [0, 0.05) is 18.6 Å². The fourth-order valence-corrected chi connectivity index (χ4v) is 2.07. The molecule has 0 aromatic carbocycles. The summed E-state index contributed by atoms with van der Waals surface area (Å²) in [6.07, 6.45) is 3.77. The first kappa shape index (κ1) is 14.9. The lowest BCUT2D eigenvalue weighted by Crippen LogP contribution is -2.45. The van der Waals surface area contributed by atoms with E-state index in [1.807, 2.05) is 0 Å². The molecule has 92 valence electrons. The van der Waals surface area contributed by atoms with E-state index in [0.29, 0.717) is 12.1 Å². The van der Waals surface area contributed by atoms with Crippen LogP contribution in [-0.4, -0.2) is 37.6 Å². The number of likely N-dealkylation sites (N-methyl/N-ethyl adjacent to an activating group) is 1. The molecule has 0 aliphatic heterocycles. The molecule has 0 aromatic rings. The summed E-state index contributed by atoms with van der Waals surface area (Å²) in [5, 5.41) is 3.62. The second kappa shape index (κ2) is 8.12. The first-order chi connectivity index (χ1) is 7.06. The van der Waals surface area contributed by atoms with Crippen molar-refractivity contribution in [2.45, 2.75) is 59.0 Å². The molecular formula is C13H30N2. The minimum absolute atomic E-state index is 0.641. The van der Waals surface area contributed by atoms with E-state index in [4.69, 9.17) is 0 Å². The van der Waals surface area contributed by atoms with Crippen LogP contribution in [0.1, 0.15) is 47.0 Å². The van der Waals surface area contributed by atoms with Gasteiger partial charge in [-0.15, -0.1) is 0 Å². The predicted octanol–water partition coefficient (Wildman–Crippen LogP) is 2.74. The van der Waals surface area contributed by atoms with Crippen LogP contribution in [0, 0.1) is 5.92 Å². The minimum Gasteiger partial charge on any atom is -0.313 e. The normalized spacial score (nSPS) is 16.0. The van der Waals surface area contributed by atoms with Gasteiger partial charge in [0.15, 0.2) is 0 Å². The highest BCUT2D eigenvalue weighted by Gasteiger charge is 2.20. The van der Waals surface area contributed by atoms with E-state index < -0.39 is 0 Å². The zero-order chi connectivity index (χ0) is 11.8. The summed E-state index contributed by atoms with van der Waals surface area (Å²) in [7, 11) is 4.39. The zero-order valence-corrected chi connectivity index (χ0v) is 11.5. The van der Waals surface area contributed by atoms with Crippen LogP contribution in [0.25, 0.3) is 0 Å². The molecule has 0 saturated heterocycles. The Morgan fingerprint density at radius 2 is 1.53 bits per heavy atom. The molecule has 0 aliphatic carbocycles. The average Bonchev–Trinajstić information content (AvgIpc) is 2.23. The third-order valence-electron chi connectivity index (χ3n) is 3.54. The van der Waals surface area contributed by atoms with E-state index in [-0.39, 0.29) is 0 Å². The minimum atomic E-state index is 0.641. The molecule has 0 radical (unpaired) electrons. The van der Waals surface area contributed by atoms with Gasteiger partial charge in [0.2, 0.25) is 0 Å². The number of nitrogens with zero attached hydrogens (tertiary/aromatic N) is 1. The molecule has 2 nitrogen and oxygen atoms in total. The van der Waals surface area contributed by atoms with Gasteiger partial charge in [-0.1, -0.05) is 33.6 Å². The van der Waals surface area contributed by atoms with E-state index in [0.717, 1.165) is 12.5 Å². The molecule has 0 rings (SSSR count). The Bertz CT molecular complexity index is 141. The van der Waals surface area contributed by atoms with Crippen molar-refractivity contribution in [2.24, 2.45) is 5.92 Å². The lowest BCUT2D eigenvalue weighted by atomic mass is 9.93. The Labute approximate surface area is 96.4 Å². The molecule has 15 heavy (non-hydrogen) atoms. The smallest absolute Gasteiger partial charge is 0.0242 e. The highest BCUT2D eigenvalue weighted by atomic mass is 15.1. The summed E-state index contributed by atoms with van der Waals surface area (Å²) >= 11 is 0. The van der Waals surface area contributed by atoms with E-state index >= 15 is 0 Å². The van der Waals surface area contributed by atoms with Gasteiger partial charge in [0.25, 0.3) is 0 Å². The number of rotatable bonds is 8. The van der Waals surface area contributed by atoms with Gasteiger partial charge in [-0.3, -0.25) is 0 Å². The monoisotopic (exact) mass is 214 g/mol. The van der Waals surface area contributed by atoms with Crippen molar-refractivity contribution in [2.75, 3.05) is 20.6 Å². The lowest BCUT2D eigenvalue weighted by Gasteiger charge is -2.32. The van der Waals surface area contributed by atoms with Crippen LogP contribution < -0.4 is 5.32 Å². The molecule has 2 atom stereocenters. The Balaban J connectivity index is 4.14. The SMILES string of the molecule is CCC(C)NCC(C(CC)CC)N(C)C. The summed E-state index contributed by atoms with van der Waals surface area (Å²) < 4.78 is 0. The van der Waals surface area contributed by atoms with E-state index in [2.05, 4.69) is 52.0 Å². The fraction of sp³-hybridized carbons (Fsp3) is 1.00. The second-order valence-corrected chi connectivity index (χ2v) is 4.83. The summed E-state index contributed by atoms with van der Waals surface area (Å²) in [4.78, 5) is 2.37. The van der Waals surface area contributed by atoms with E-state index in [1.165, 1.54) is 19.3 Å². The molecule has 2 unspecified atom stereocenters. The predicted molar refractivity (Wildman–Crippen MR) is 69.3 cm³/mol. The molecular weight excluding hydrogens is 184 g/mol. The Kier molecular flexibility index (Phi) is 8.07. The molecule has 0 aromatic heterocycles. The highest BCUT2D eigenvalue weighted by Crippen LogP contribution is 2.16. The topological polar surface area (TPSA) is 15.3 Å². The van der Waals surface area contributed by atoms with Crippen LogP contribution in [0.5, 0.6) is 0 Å². The summed E-state index contributed by atoms with van der Waals surface area (Å²) in [6, 6.07) is 1.32. The summed E-state index contributed by atoms with van der Waals surface area (Å²) in [6.45, 7) is 10.2. The van der Waals surface area contributed by atoms with Crippen LogP contribution in [0.15, 0.2) is 0 Å². The molecule has 0 spiro atoms. The van der Waals surface area contributed by atoms with Gasteiger partial charge < -0.3 is 10.2 Å². The maximum Gasteiger partial charge on any atom is 0.0242 e. The van der Waals surface area contributed by atoms with E-state index in [1.54, 1.807) is 0 Å². The highest BCUT2D eigenvalue weighted by molar-refractivity contribution is 4.78. The Hall–Kier alpha value is -0.0800. The van der Waals surface area contributed by atoms with Crippen molar-refractivity contribution in [3.05, 3.63) is 0 Å². The molecule has 0 bridgehead atoms. The van der Waals surface area contributed by atoms with Gasteiger partial charge in [0.1, 0.15) is 0 Å². The maximum atomic E-state index is 3.62. The van der Waals surface area contributed by atoms with Crippen molar-refractivity contribution in [3.63, 3.8) is 0 Å². The van der Waals surface area contributed by atoms with Gasteiger partial charge in [-0.2, -0.15) is 0 Å². The van der Waals surface area contributed by atoms with Gasteiger partial charge >= 0.3 is 0 Å². The van der Waals surface area contributed by atoms with Crippen molar-refractivity contribution in [3.8, 4) is 0 Å². The van der Waals surface area contributed by atoms with Crippen LogP contribution in [-0.2, 0) is 0 Å². The Morgan fingerprint density at radius 3 is 1.87 bits per heavy atom. The van der Waals surface area contributed by atoms with Crippen LogP contribution in [0.2, 0.25) is 0 Å². The third-order valence-corrected chi connectivity index (χ3v) is 3.54. The van der Waals surface area contributed by atoms with E-state index in [9.17, 15) is 0 Å². The number of nitrogens with one attached hydrogen (secondary N) is 1. The van der Waals surface area contributed by atoms with Gasteiger partial charge in [0.05, 0.1) is 0 Å². The fourth-order valence-electron chi connectivity index (χ4n) is 2.07. The standard InChI is InChI=1S/C13H30N2/c1-7-11(4)14-10-13(15(5)6)12(8-2)9-3/h11-14H,7-10H2,1-6H3. The van der Waals surface area contributed by atoms with Crippen molar-refractivity contribution >= 4 is 0 Å². The largest absolute Gasteiger partial charge is 0.313 e. The first-order valence-corrected chi connectivity index (χ1v) is 6.46. The van der Waals surface area contributed by atoms with Crippen LogP contribution in [0.3, 0.4) is 0 Å². The van der Waals surface area contributed by atoms with Crippen molar-refractivity contribution in [1.82, 2.24) is 10.2 Å². The third kappa shape index (κ3) is 5.53. The van der Waals surface area contributed by atoms with Gasteiger partial charge in [-0.25, -0.2) is 0 Å². The molecule has 1 N–H and O–H groups in total. The maximum absolute atomic E-state index is 3.62. The molecule has 0 heterocycles. The number of hydrogen-bond acceptors (Lipinski definition) is 2. The zero-order valence-electron chi connectivity index (χ0n) is 11.5. The van der Waals surface area contributed by atoms with Gasteiger partial charge in [-0.05, 0) is 33.4 Å². The van der Waals surface area contributed by atoms with Crippen molar-refractivity contribution in [1.29, 1.82) is 0 Å². The molecule has 0 fully saturated rings. The molecule has 2 heteroatoms. The quantitative estimate of drug-likeness (QED) is 0.668. The average molecular weight is 214 g/mol. The van der Waals surface area contributed by atoms with Crippen LogP contribution in [0.4, 0.5) is 0 Å². The molecule has 0 amide bonds. The number of hydrogen-bond donors (Lipinski definition) is 1. The molecule has 0 aliphatic rings. The van der Waals surface area contributed by atoms with Crippen molar-refractivity contribution < 1.29 is 0 Å². The lowest BCUT2D eigenvalue weighted by molar-refractivity contribution is 0.190. The second-order valence-electron chi connectivity index (χ2n) is 4.83. The Morgan fingerprint density at radius 1 is 1.00 bits per heavy atom. The summed E-state index contributed by atoms with van der Waals surface area (Å²) in [5.74, 6) is 0.816. The van der Waals surface area contributed by atoms with Crippen LogP contribution >= 0.6 is 0 Å². The summed E-state index contributed by atoms with van der Waals surface area (Å²) in [5.41, 5.74) is 0. The molecule has 0 saturated carbocycles.